The summed E-state index contributed by atoms with van der Waals surface area (Å²) in [4.78, 5) is 4.49. The smallest absolute Gasteiger partial charge is 0.128 e. The van der Waals surface area contributed by atoms with Crippen molar-refractivity contribution in [1.29, 1.82) is 0 Å². The third kappa shape index (κ3) is 4.27. The number of hydrogen-bond donors (Lipinski definition) is 1. The fraction of sp³-hybridized carbons (Fsp3) is 0.643. The van der Waals surface area contributed by atoms with Crippen molar-refractivity contribution in [3.63, 3.8) is 0 Å². The topological polar surface area (TPSA) is 43.4 Å². The van der Waals surface area contributed by atoms with E-state index in [0.29, 0.717) is 0 Å². The molecule has 0 fully saturated rings. The van der Waals surface area contributed by atoms with E-state index >= 15 is 0 Å². The van der Waals surface area contributed by atoms with Gasteiger partial charge in [0.1, 0.15) is 5.75 Å². The van der Waals surface area contributed by atoms with Crippen LogP contribution in [0.1, 0.15) is 23.2 Å². The maximum atomic E-state index is 5.40. The molecule has 0 saturated heterocycles. The number of pyridine rings is 1. The Bertz CT molecular complexity index is 367. The molecular weight excluding hydrogens is 228 g/mol. The van der Waals surface area contributed by atoms with E-state index in [4.69, 9.17) is 9.47 Å². The van der Waals surface area contributed by atoms with Crippen molar-refractivity contribution in [2.24, 2.45) is 0 Å². The van der Waals surface area contributed by atoms with Crippen LogP contribution in [-0.2, 0) is 11.2 Å². The van der Waals surface area contributed by atoms with Crippen LogP contribution in [0.25, 0.3) is 0 Å². The predicted molar refractivity (Wildman–Crippen MR) is 73.3 cm³/mol. The molecule has 0 radical (unpaired) electrons. The molecule has 0 aliphatic carbocycles. The number of nitrogens with one attached hydrogen (secondary N) is 1. The number of aromatic nitrogens is 1. The van der Waals surface area contributed by atoms with Gasteiger partial charge in [-0.2, -0.15) is 0 Å². The van der Waals surface area contributed by atoms with Crippen LogP contribution in [0, 0.1) is 13.8 Å². The van der Waals surface area contributed by atoms with E-state index in [2.05, 4.69) is 17.2 Å². The molecule has 0 amide bonds. The Morgan fingerprint density at radius 3 is 2.67 bits per heavy atom. The van der Waals surface area contributed by atoms with Crippen LogP contribution in [0.15, 0.2) is 6.20 Å². The van der Waals surface area contributed by atoms with Crippen molar-refractivity contribution in [1.82, 2.24) is 10.3 Å². The summed E-state index contributed by atoms with van der Waals surface area (Å²) >= 11 is 0. The molecule has 0 unspecified atom stereocenters. The zero-order valence-corrected chi connectivity index (χ0v) is 11.9. The molecule has 102 valence electrons. The fourth-order valence-electron chi connectivity index (χ4n) is 2.00. The van der Waals surface area contributed by atoms with Gasteiger partial charge in [-0.25, -0.2) is 0 Å². The highest BCUT2D eigenvalue weighted by Gasteiger charge is 2.08. The Morgan fingerprint density at radius 1 is 1.22 bits per heavy atom. The van der Waals surface area contributed by atoms with Gasteiger partial charge in [0.25, 0.3) is 0 Å². The highest BCUT2D eigenvalue weighted by atomic mass is 16.5. The monoisotopic (exact) mass is 252 g/mol. The molecule has 1 aromatic rings. The Balaban J connectivity index is 2.43. The van der Waals surface area contributed by atoms with E-state index in [1.54, 1.807) is 14.2 Å². The van der Waals surface area contributed by atoms with Crippen molar-refractivity contribution in [2.75, 3.05) is 33.9 Å². The normalized spacial score (nSPS) is 10.7. The van der Waals surface area contributed by atoms with Gasteiger partial charge in [-0.05, 0) is 33.2 Å². The van der Waals surface area contributed by atoms with E-state index in [9.17, 15) is 0 Å². The summed E-state index contributed by atoms with van der Waals surface area (Å²) in [6.45, 7) is 6.75. The van der Waals surface area contributed by atoms with Crippen LogP contribution in [0.3, 0.4) is 0 Å². The van der Waals surface area contributed by atoms with E-state index in [-0.39, 0.29) is 0 Å². The second-order valence-electron chi connectivity index (χ2n) is 4.39. The van der Waals surface area contributed by atoms with Crippen LogP contribution in [0.2, 0.25) is 0 Å². The van der Waals surface area contributed by atoms with E-state index in [0.717, 1.165) is 55.1 Å². The van der Waals surface area contributed by atoms with Gasteiger partial charge < -0.3 is 14.8 Å². The first-order chi connectivity index (χ1) is 8.70. The lowest BCUT2D eigenvalue weighted by atomic mass is 10.1. The third-order valence-electron chi connectivity index (χ3n) is 3.00. The molecule has 0 atom stereocenters. The van der Waals surface area contributed by atoms with Crippen molar-refractivity contribution in [3.8, 4) is 5.75 Å². The SMILES string of the molecule is COCCNCCCc1ncc(C)c(OC)c1C. The van der Waals surface area contributed by atoms with Gasteiger partial charge in [-0.3, -0.25) is 4.98 Å². The Hall–Kier alpha value is -1.13. The maximum Gasteiger partial charge on any atom is 0.128 e. The highest BCUT2D eigenvalue weighted by molar-refractivity contribution is 5.41. The van der Waals surface area contributed by atoms with Gasteiger partial charge >= 0.3 is 0 Å². The van der Waals surface area contributed by atoms with Gasteiger partial charge in [-0.15, -0.1) is 0 Å². The highest BCUT2D eigenvalue weighted by Crippen LogP contribution is 2.24. The van der Waals surface area contributed by atoms with Crippen molar-refractivity contribution in [2.45, 2.75) is 26.7 Å². The van der Waals surface area contributed by atoms with Crippen LogP contribution in [0.4, 0.5) is 0 Å². The summed E-state index contributed by atoms with van der Waals surface area (Å²) < 4.78 is 10.4. The molecule has 4 nitrogen and oxygen atoms in total. The Kier molecular flexibility index (Phi) is 6.68. The van der Waals surface area contributed by atoms with Crippen LogP contribution >= 0.6 is 0 Å². The Labute approximate surface area is 110 Å². The number of hydrogen-bond acceptors (Lipinski definition) is 4. The van der Waals surface area contributed by atoms with Crippen LogP contribution in [-0.4, -0.2) is 38.9 Å². The number of methoxy groups -OCH3 is 2. The lowest BCUT2D eigenvalue weighted by Crippen LogP contribution is -2.20. The molecule has 0 saturated carbocycles. The van der Waals surface area contributed by atoms with E-state index in [1.807, 2.05) is 13.1 Å². The van der Waals surface area contributed by atoms with Crippen LogP contribution in [0.5, 0.6) is 5.75 Å². The molecule has 1 heterocycles. The fourth-order valence-corrected chi connectivity index (χ4v) is 2.00. The zero-order valence-electron chi connectivity index (χ0n) is 11.9. The molecule has 0 aliphatic heterocycles. The van der Waals surface area contributed by atoms with Crippen molar-refractivity contribution < 1.29 is 9.47 Å². The molecule has 0 aliphatic rings. The minimum Gasteiger partial charge on any atom is -0.496 e. The van der Waals surface area contributed by atoms with Gasteiger partial charge in [0, 0.05) is 36.7 Å². The van der Waals surface area contributed by atoms with E-state index in [1.165, 1.54) is 0 Å². The summed E-state index contributed by atoms with van der Waals surface area (Å²) in [6, 6.07) is 0. The molecule has 4 heteroatoms. The van der Waals surface area contributed by atoms with Crippen molar-refractivity contribution in [3.05, 3.63) is 23.0 Å². The second-order valence-corrected chi connectivity index (χ2v) is 4.39. The molecule has 18 heavy (non-hydrogen) atoms. The van der Waals surface area contributed by atoms with Gasteiger partial charge in [0.2, 0.25) is 0 Å². The number of ether oxygens (including phenoxy) is 2. The van der Waals surface area contributed by atoms with Gasteiger partial charge in [0.15, 0.2) is 0 Å². The molecule has 0 bridgehead atoms. The molecule has 1 N–H and O–H groups in total. The average Bonchev–Trinajstić information content (AvgIpc) is 2.36. The summed E-state index contributed by atoms with van der Waals surface area (Å²) in [7, 11) is 3.43. The van der Waals surface area contributed by atoms with Gasteiger partial charge in [-0.1, -0.05) is 0 Å². The second kappa shape index (κ2) is 8.06. The molecular formula is C14H24N2O2. The summed E-state index contributed by atoms with van der Waals surface area (Å²) in [5.74, 6) is 0.965. The molecule has 1 rings (SSSR count). The Morgan fingerprint density at radius 2 is 2.00 bits per heavy atom. The largest absolute Gasteiger partial charge is 0.496 e. The first-order valence-electron chi connectivity index (χ1n) is 6.39. The summed E-state index contributed by atoms with van der Waals surface area (Å²) in [5, 5.41) is 3.33. The minimum absolute atomic E-state index is 0.760. The first kappa shape index (κ1) is 14.9. The molecule has 0 aromatic carbocycles. The quantitative estimate of drug-likeness (QED) is 0.717. The van der Waals surface area contributed by atoms with E-state index < -0.39 is 0 Å². The third-order valence-corrected chi connectivity index (χ3v) is 3.00. The molecule has 1 aromatic heterocycles. The molecule has 0 spiro atoms. The number of nitrogens with zero attached hydrogens (tertiary/aromatic N) is 1. The standard InChI is InChI=1S/C14H24N2O2/c1-11-10-16-13(12(2)14(11)18-4)6-5-7-15-8-9-17-3/h10,15H,5-9H2,1-4H3. The average molecular weight is 252 g/mol. The number of aryl methyl sites for hydroxylation is 2. The zero-order chi connectivity index (χ0) is 13.4. The lowest BCUT2D eigenvalue weighted by molar-refractivity contribution is 0.199. The lowest BCUT2D eigenvalue weighted by Gasteiger charge is -2.12. The predicted octanol–water partition coefficient (Wildman–Crippen LogP) is 1.88. The minimum atomic E-state index is 0.760. The number of rotatable bonds is 8. The maximum absolute atomic E-state index is 5.40. The van der Waals surface area contributed by atoms with Gasteiger partial charge in [0.05, 0.1) is 13.7 Å². The first-order valence-corrected chi connectivity index (χ1v) is 6.39. The summed E-state index contributed by atoms with van der Waals surface area (Å²) in [5.41, 5.74) is 3.39. The summed E-state index contributed by atoms with van der Waals surface area (Å²) in [6.07, 6.45) is 3.94. The van der Waals surface area contributed by atoms with Crippen LogP contribution < -0.4 is 10.1 Å². The van der Waals surface area contributed by atoms with Crippen molar-refractivity contribution >= 4 is 0 Å².